The van der Waals surface area contributed by atoms with Gasteiger partial charge in [-0.3, -0.25) is 5.32 Å². The lowest BCUT2D eigenvalue weighted by molar-refractivity contribution is 0.108. The van der Waals surface area contributed by atoms with Crippen molar-refractivity contribution in [2.45, 2.75) is 56.6 Å². The maximum atomic E-state index is 9.67. The molecule has 0 spiro atoms. The zero-order chi connectivity index (χ0) is 17.2. The van der Waals surface area contributed by atoms with E-state index in [1.807, 2.05) is 19.2 Å². The third kappa shape index (κ3) is 3.97. The Labute approximate surface area is 148 Å². The Bertz CT molecular complexity index is 709. The van der Waals surface area contributed by atoms with Crippen LogP contribution in [0, 0.1) is 0 Å². The van der Waals surface area contributed by atoms with Gasteiger partial charge < -0.3 is 19.5 Å². The third-order valence-electron chi connectivity index (χ3n) is 5.26. The van der Waals surface area contributed by atoms with Gasteiger partial charge in [0.2, 0.25) is 0 Å². The Morgan fingerprint density at radius 3 is 2.84 bits per heavy atom. The molecule has 1 saturated heterocycles. The monoisotopic (exact) mass is 345 g/mol. The second-order valence-corrected chi connectivity index (χ2v) is 7.29. The van der Waals surface area contributed by atoms with E-state index >= 15 is 0 Å². The molecule has 2 N–H and O–H groups in total. The van der Waals surface area contributed by atoms with Crippen LogP contribution in [0.3, 0.4) is 0 Å². The molecule has 0 radical (unpaired) electrons. The minimum absolute atomic E-state index is 0.0715. The number of aliphatic hydroxyl groups excluding tert-OH is 1. The van der Waals surface area contributed by atoms with Crippen molar-refractivity contribution in [1.82, 2.24) is 10.2 Å². The molecule has 1 aliphatic carbocycles. The van der Waals surface area contributed by atoms with Crippen molar-refractivity contribution < 1.29 is 14.6 Å². The van der Waals surface area contributed by atoms with Gasteiger partial charge in [-0.25, -0.2) is 4.99 Å². The molecular weight excluding hydrogens is 318 g/mol. The smallest absolute Gasteiger partial charge is 0.176 e. The Hall–Kier alpha value is -1.63. The summed E-state index contributed by atoms with van der Waals surface area (Å²) in [6.45, 7) is 1.45. The quantitative estimate of drug-likeness (QED) is 0.824. The number of benzene rings is 1. The average Bonchev–Trinajstić information content (AvgIpc) is 3.11. The Morgan fingerprint density at radius 1 is 1.24 bits per heavy atom. The van der Waals surface area contributed by atoms with Gasteiger partial charge in [0.1, 0.15) is 11.9 Å². The standard InChI is InChI=1S/C19H27N3O3/c1-22-11-13-2-7-16(25-17-8-9-24-12-17)10-18(13)21-19(22)20-14-3-5-15(23)6-4-14/h2,7,10-11,14-15,17,19-20,23H,3-6,8-9,12H2,1H3/t14?,15?,17-,19?/m0/s1. The van der Waals surface area contributed by atoms with E-state index in [-0.39, 0.29) is 18.5 Å². The highest BCUT2D eigenvalue weighted by molar-refractivity contribution is 5.30. The van der Waals surface area contributed by atoms with Crippen molar-refractivity contribution in [3.05, 3.63) is 28.8 Å². The van der Waals surface area contributed by atoms with Crippen molar-refractivity contribution in [2.75, 3.05) is 20.3 Å². The van der Waals surface area contributed by atoms with Crippen LogP contribution in [-0.4, -0.2) is 54.8 Å². The van der Waals surface area contributed by atoms with Gasteiger partial charge in [-0.2, -0.15) is 0 Å². The summed E-state index contributed by atoms with van der Waals surface area (Å²) >= 11 is 0. The summed E-state index contributed by atoms with van der Waals surface area (Å²) < 4.78 is 11.4. The molecule has 2 heterocycles. The lowest BCUT2D eigenvalue weighted by atomic mass is 9.93. The third-order valence-corrected chi connectivity index (χ3v) is 5.26. The number of nitrogens with zero attached hydrogens (tertiary/aromatic N) is 2. The lowest BCUT2D eigenvalue weighted by Crippen LogP contribution is -2.51. The van der Waals surface area contributed by atoms with Crippen LogP contribution in [0.2, 0.25) is 0 Å². The van der Waals surface area contributed by atoms with E-state index < -0.39 is 0 Å². The average molecular weight is 345 g/mol. The lowest BCUT2D eigenvalue weighted by Gasteiger charge is -2.33. The van der Waals surface area contributed by atoms with E-state index in [9.17, 15) is 5.11 Å². The van der Waals surface area contributed by atoms with Gasteiger partial charge in [-0.05, 0) is 37.8 Å². The SMILES string of the molecule is CN1C=c2ccc(O[C@H]3CCOC3)cc2=NC1NC1CCC(O)CC1. The fraction of sp³-hybridized carbons (Fsp3) is 0.632. The molecule has 0 aromatic heterocycles. The fourth-order valence-electron chi connectivity index (χ4n) is 3.74. The predicted octanol–water partition coefficient (Wildman–Crippen LogP) is 0.334. The molecule has 4 rings (SSSR count). The number of aliphatic hydroxyl groups is 1. The summed E-state index contributed by atoms with van der Waals surface area (Å²) in [5.74, 6) is 0.857. The molecular formula is C19H27N3O3. The zero-order valence-corrected chi connectivity index (χ0v) is 14.7. The molecule has 1 aromatic carbocycles. The molecule has 0 bridgehead atoms. The minimum atomic E-state index is -0.134. The molecule has 2 aliphatic heterocycles. The molecule has 6 nitrogen and oxygen atoms in total. The number of hydrogen-bond donors (Lipinski definition) is 2. The Morgan fingerprint density at radius 2 is 2.08 bits per heavy atom. The number of hydrogen-bond acceptors (Lipinski definition) is 6. The first-order chi connectivity index (χ1) is 12.2. The molecule has 136 valence electrons. The summed E-state index contributed by atoms with van der Waals surface area (Å²) in [7, 11) is 2.04. The number of rotatable bonds is 4. The molecule has 3 aliphatic rings. The molecule has 1 unspecified atom stereocenters. The zero-order valence-electron chi connectivity index (χ0n) is 14.7. The summed E-state index contributed by atoms with van der Waals surface area (Å²) in [5.41, 5.74) is 0. The van der Waals surface area contributed by atoms with Gasteiger partial charge in [0, 0.05) is 37.0 Å². The van der Waals surface area contributed by atoms with E-state index in [1.54, 1.807) is 0 Å². The second kappa shape index (κ2) is 7.32. The maximum Gasteiger partial charge on any atom is 0.176 e. The van der Waals surface area contributed by atoms with E-state index in [0.29, 0.717) is 12.6 Å². The largest absolute Gasteiger partial charge is 0.488 e. The van der Waals surface area contributed by atoms with Crippen molar-refractivity contribution in [2.24, 2.45) is 4.99 Å². The van der Waals surface area contributed by atoms with Gasteiger partial charge in [0.05, 0.1) is 24.7 Å². The van der Waals surface area contributed by atoms with Crippen molar-refractivity contribution >= 4 is 6.20 Å². The van der Waals surface area contributed by atoms with Crippen LogP contribution < -0.4 is 20.6 Å². The topological polar surface area (TPSA) is 66.3 Å². The summed E-state index contributed by atoms with van der Waals surface area (Å²) in [4.78, 5) is 6.99. The number of ether oxygens (including phenoxy) is 2. The second-order valence-electron chi connectivity index (χ2n) is 7.29. The fourth-order valence-corrected chi connectivity index (χ4v) is 3.74. The van der Waals surface area contributed by atoms with Gasteiger partial charge >= 0.3 is 0 Å². The summed E-state index contributed by atoms with van der Waals surface area (Å²) in [6.07, 6.45) is 6.75. The molecule has 0 amide bonds. The van der Waals surface area contributed by atoms with Gasteiger partial charge in [-0.1, -0.05) is 0 Å². The first-order valence-corrected chi connectivity index (χ1v) is 9.27. The van der Waals surface area contributed by atoms with E-state index in [4.69, 9.17) is 14.5 Å². The molecule has 6 heteroatoms. The first kappa shape index (κ1) is 16.8. The highest BCUT2D eigenvalue weighted by atomic mass is 16.5. The highest BCUT2D eigenvalue weighted by Gasteiger charge is 2.24. The summed E-state index contributed by atoms with van der Waals surface area (Å²) in [5, 5.41) is 15.4. The van der Waals surface area contributed by atoms with Crippen LogP contribution in [0.15, 0.2) is 23.2 Å². The molecule has 1 aromatic rings. The first-order valence-electron chi connectivity index (χ1n) is 9.27. The van der Waals surface area contributed by atoms with E-state index in [1.165, 1.54) is 0 Å². The number of nitrogens with one attached hydrogen (secondary N) is 1. The van der Waals surface area contributed by atoms with Crippen molar-refractivity contribution in [3.63, 3.8) is 0 Å². The minimum Gasteiger partial charge on any atom is -0.488 e. The van der Waals surface area contributed by atoms with Crippen LogP contribution >= 0.6 is 0 Å². The van der Waals surface area contributed by atoms with Crippen LogP contribution in [0.25, 0.3) is 6.20 Å². The Balaban J connectivity index is 1.49. The van der Waals surface area contributed by atoms with Crippen molar-refractivity contribution in [3.8, 4) is 5.75 Å². The highest BCUT2D eigenvalue weighted by Crippen LogP contribution is 2.19. The molecule has 1 saturated carbocycles. The van der Waals surface area contributed by atoms with Gasteiger partial charge in [0.25, 0.3) is 0 Å². The normalized spacial score (nSPS) is 31.8. The molecule has 2 atom stereocenters. The van der Waals surface area contributed by atoms with Gasteiger partial charge in [-0.15, -0.1) is 0 Å². The van der Waals surface area contributed by atoms with Crippen LogP contribution in [0.5, 0.6) is 5.75 Å². The predicted molar refractivity (Wildman–Crippen MR) is 94.5 cm³/mol. The van der Waals surface area contributed by atoms with E-state index in [2.05, 4.69) is 22.5 Å². The van der Waals surface area contributed by atoms with Gasteiger partial charge in [0.15, 0.2) is 6.29 Å². The van der Waals surface area contributed by atoms with Crippen LogP contribution in [-0.2, 0) is 4.74 Å². The summed E-state index contributed by atoms with van der Waals surface area (Å²) in [6, 6.07) is 6.50. The number of fused-ring (bicyclic) bond motifs is 1. The molecule has 25 heavy (non-hydrogen) atoms. The Kier molecular flexibility index (Phi) is 4.92. The molecule has 2 fully saturated rings. The van der Waals surface area contributed by atoms with E-state index in [0.717, 1.165) is 55.0 Å². The van der Waals surface area contributed by atoms with Crippen LogP contribution in [0.1, 0.15) is 32.1 Å². The van der Waals surface area contributed by atoms with Crippen molar-refractivity contribution in [1.29, 1.82) is 0 Å². The van der Waals surface area contributed by atoms with Crippen LogP contribution in [0.4, 0.5) is 0 Å². The maximum absolute atomic E-state index is 9.67.